The van der Waals surface area contributed by atoms with Crippen LogP contribution in [0.5, 0.6) is 0 Å². The van der Waals surface area contributed by atoms with Gasteiger partial charge in [-0.25, -0.2) is 4.39 Å². The molecular formula is C19H24FN. The van der Waals surface area contributed by atoms with Gasteiger partial charge in [-0.1, -0.05) is 45.0 Å². The van der Waals surface area contributed by atoms with Crippen LogP contribution in [0.4, 0.5) is 4.39 Å². The van der Waals surface area contributed by atoms with Crippen molar-refractivity contribution >= 4 is 0 Å². The molecule has 2 N–H and O–H groups in total. The molecule has 2 aromatic rings. The molecule has 1 nitrogen and oxygen atoms in total. The van der Waals surface area contributed by atoms with Crippen molar-refractivity contribution in [3.05, 3.63) is 58.4 Å². The number of halogens is 1. The van der Waals surface area contributed by atoms with E-state index in [0.29, 0.717) is 5.56 Å². The number of nitrogens with two attached hydrogens (primary N) is 1. The lowest BCUT2D eigenvalue weighted by Crippen LogP contribution is -2.01. The van der Waals surface area contributed by atoms with E-state index in [-0.39, 0.29) is 12.4 Å². The lowest BCUT2D eigenvalue weighted by atomic mass is 9.89. The molecule has 21 heavy (non-hydrogen) atoms. The first-order valence-corrected chi connectivity index (χ1v) is 7.78. The van der Waals surface area contributed by atoms with Gasteiger partial charge in [-0.3, -0.25) is 0 Å². The van der Waals surface area contributed by atoms with E-state index in [0.717, 1.165) is 24.8 Å². The Balaban J connectivity index is 2.64. The van der Waals surface area contributed by atoms with Crippen molar-refractivity contribution < 1.29 is 4.39 Å². The predicted octanol–water partition coefficient (Wildman–Crippen LogP) is 4.64. The van der Waals surface area contributed by atoms with Crippen molar-refractivity contribution in [1.29, 1.82) is 0 Å². The van der Waals surface area contributed by atoms with Crippen LogP contribution in [-0.2, 0) is 25.8 Å². The highest BCUT2D eigenvalue weighted by Gasteiger charge is 2.12. The van der Waals surface area contributed by atoms with E-state index in [1.54, 1.807) is 12.1 Å². The second-order valence-corrected chi connectivity index (χ2v) is 5.36. The molecule has 112 valence electrons. The number of hydrogen-bond donors (Lipinski definition) is 1. The topological polar surface area (TPSA) is 26.0 Å². The first-order valence-electron chi connectivity index (χ1n) is 7.78. The first-order chi connectivity index (χ1) is 10.1. The summed E-state index contributed by atoms with van der Waals surface area (Å²) in [5.41, 5.74) is 12.2. The van der Waals surface area contributed by atoms with E-state index < -0.39 is 0 Å². The van der Waals surface area contributed by atoms with Gasteiger partial charge in [-0.2, -0.15) is 0 Å². The van der Waals surface area contributed by atoms with Crippen LogP contribution in [0.15, 0.2) is 30.3 Å². The highest BCUT2D eigenvalue weighted by atomic mass is 19.1. The first kappa shape index (κ1) is 15.7. The molecular weight excluding hydrogens is 261 g/mol. The number of hydrogen-bond acceptors (Lipinski definition) is 1. The normalized spacial score (nSPS) is 10.9. The highest BCUT2D eigenvalue weighted by molar-refractivity contribution is 5.72. The molecule has 0 aromatic heterocycles. The third kappa shape index (κ3) is 3.16. The zero-order valence-corrected chi connectivity index (χ0v) is 13.2. The van der Waals surface area contributed by atoms with Gasteiger partial charge in [0, 0.05) is 12.1 Å². The van der Waals surface area contributed by atoms with Crippen molar-refractivity contribution in [3.63, 3.8) is 0 Å². The zero-order chi connectivity index (χ0) is 15.4. The van der Waals surface area contributed by atoms with E-state index in [1.807, 2.05) is 6.07 Å². The van der Waals surface area contributed by atoms with Crippen LogP contribution in [0.3, 0.4) is 0 Å². The Morgan fingerprint density at radius 1 is 0.857 bits per heavy atom. The minimum Gasteiger partial charge on any atom is -0.326 e. The molecule has 0 amide bonds. The standard InChI is InChI=1S/C19H24FN/c1-4-13-9-14(5-2)19(15(6-3)10-13)16-7-8-17(12-21)18(20)11-16/h7-11H,4-6,12,21H2,1-3H3. The summed E-state index contributed by atoms with van der Waals surface area (Å²) in [6.45, 7) is 6.72. The monoisotopic (exact) mass is 285 g/mol. The SMILES string of the molecule is CCc1cc(CC)c(-c2ccc(CN)c(F)c2)c(CC)c1. The van der Waals surface area contributed by atoms with Gasteiger partial charge < -0.3 is 5.73 Å². The maximum absolute atomic E-state index is 14.1. The van der Waals surface area contributed by atoms with Gasteiger partial charge in [-0.05, 0) is 53.1 Å². The second-order valence-electron chi connectivity index (χ2n) is 5.36. The molecule has 0 saturated heterocycles. The summed E-state index contributed by atoms with van der Waals surface area (Å²) in [6.07, 6.45) is 2.94. The van der Waals surface area contributed by atoms with Crippen molar-refractivity contribution in [2.24, 2.45) is 5.73 Å². The van der Waals surface area contributed by atoms with Crippen LogP contribution in [-0.4, -0.2) is 0 Å². The molecule has 0 unspecified atom stereocenters. The summed E-state index contributed by atoms with van der Waals surface area (Å²) in [6, 6.07) is 9.93. The van der Waals surface area contributed by atoms with E-state index in [4.69, 9.17) is 5.73 Å². The fourth-order valence-electron chi connectivity index (χ4n) is 2.84. The molecule has 2 heteroatoms. The Hall–Kier alpha value is -1.67. The summed E-state index contributed by atoms with van der Waals surface area (Å²) in [5.74, 6) is -0.210. The van der Waals surface area contributed by atoms with Crippen LogP contribution in [0, 0.1) is 5.82 Å². The third-order valence-electron chi connectivity index (χ3n) is 4.09. The van der Waals surface area contributed by atoms with Crippen molar-refractivity contribution in [2.45, 2.75) is 46.6 Å². The zero-order valence-electron chi connectivity index (χ0n) is 13.2. The summed E-state index contributed by atoms with van der Waals surface area (Å²) in [7, 11) is 0. The van der Waals surface area contributed by atoms with Crippen molar-refractivity contribution in [2.75, 3.05) is 0 Å². The molecule has 0 aliphatic carbocycles. The van der Waals surface area contributed by atoms with Crippen molar-refractivity contribution in [1.82, 2.24) is 0 Å². The quantitative estimate of drug-likeness (QED) is 0.851. The van der Waals surface area contributed by atoms with Gasteiger partial charge in [0.1, 0.15) is 5.82 Å². The van der Waals surface area contributed by atoms with E-state index in [1.165, 1.54) is 22.3 Å². The maximum atomic E-state index is 14.1. The van der Waals surface area contributed by atoms with E-state index >= 15 is 0 Å². The molecule has 0 spiro atoms. The van der Waals surface area contributed by atoms with Gasteiger partial charge in [0.05, 0.1) is 0 Å². The van der Waals surface area contributed by atoms with Gasteiger partial charge in [0.25, 0.3) is 0 Å². The average molecular weight is 285 g/mol. The summed E-state index contributed by atoms with van der Waals surface area (Å²) < 4.78 is 14.1. The molecule has 0 fully saturated rings. The molecule has 0 aliphatic rings. The minimum absolute atomic E-state index is 0.210. The second kappa shape index (κ2) is 6.86. The van der Waals surface area contributed by atoms with E-state index in [9.17, 15) is 4.39 Å². The molecule has 0 aliphatic heterocycles. The smallest absolute Gasteiger partial charge is 0.128 e. The summed E-state index contributed by atoms with van der Waals surface area (Å²) in [4.78, 5) is 0. The Morgan fingerprint density at radius 2 is 1.48 bits per heavy atom. The molecule has 0 saturated carbocycles. The predicted molar refractivity (Wildman–Crippen MR) is 87.9 cm³/mol. The Bertz CT molecular complexity index is 606. The van der Waals surface area contributed by atoms with Gasteiger partial charge in [0.2, 0.25) is 0 Å². The maximum Gasteiger partial charge on any atom is 0.128 e. The number of rotatable bonds is 5. The van der Waals surface area contributed by atoms with Gasteiger partial charge in [-0.15, -0.1) is 0 Å². The average Bonchev–Trinajstić information content (AvgIpc) is 2.53. The van der Waals surface area contributed by atoms with E-state index in [2.05, 4.69) is 32.9 Å². The van der Waals surface area contributed by atoms with Gasteiger partial charge in [0.15, 0.2) is 0 Å². The number of benzene rings is 2. The summed E-state index contributed by atoms with van der Waals surface area (Å²) in [5, 5.41) is 0. The molecule has 0 atom stereocenters. The lowest BCUT2D eigenvalue weighted by molar-refractivity contribution is 0.611. The van der Waals surface area contributed by atoms with Crippen LogP contribution < -0.4 is 5.73 Å². The molecule has 0 bridgehead atoms. The Morgan fingerprint density at radius 3 is 1.90 bits per heavy atom. The van der Waals surface area contributed by atoms with Crippen LogP contribution in [0.2, 0.25) is 0 Å². The van der Waals surface area contributed by atoms with Gasteiger partial charge >= 0.3 is 0 Å². The highest BCUT2D eigenvalue weighted by Crippen LogP contribution is 2.31. The molecule has 2 rings (SSSR count). The van der Waals surface area contributed by atoms with Crippen LogP contribution in [0.25, 0.3) is 11.1 Å². The Kier molecular flexibility index (Phi) is 5.13. The van der Waals surface area contributed by atoms with Crippen molar-refractivity contribution in [3.8, 4) is 11.1 Å². The molecule has 0 heterocycles. The lowest BCUT2D eigenvalue weighted by Gasteiger charge is -2.16. The third-order valence-corrected chi connectivity index (χ3v) is 4.09. The molecule has 2 aromatic carbocycles. The minimum atomic E-state index is -0.210. The van der Waals surface area contributed by atoms with Crippen LogP contribution in [0.1, 0.15) is 43.0 Å². The fourth-order valence-corrected chi connectivity index (χ4v) is 2.84. The largest absolute Gasteiger partial charge is 0.326 e. The van der Waals surface area contributed by atoms with Crippen LogP contribution >= 0.6 is 0 Å². The fraction of sp³-hybridized carbons (Fsp3) is 0.368. The number of aryl methyl sites for hydroxylation is 3. The Labute approximate surface area is 127 Å². The molecule has 0 radical (unpaired) electrons. The summed E-state index contributed by atoms with van der Waals surface area (Å²) >= 11 is 0.